The highest BCUT2D eigenvalue weighted by Crippen LogP contribution is 2.35. The third kappa shape index (κ3) is 3.08. The summed E-state index contributed by atoms with van der Waals surface area (Å²) in [6, 6.07) is 13.0. The zero-order valence-electron chi connectivity index (χ0n) is 14.6. The number of nitro groups is 1. The minimum absolute atomic E-state index is 0.0503. The van der Waals surface area contributed by atoms with Crippen molar-refractivity contribution in [1.82, 2.24) is 4.98 Å². The van der Waals surface area contributed by atoms with Gasteiger partial charge in [-0.05, 0) is 30.3 Å². The molecule has 0 saturated heterocycles. The second kappa shape index (κ2) is 6.78. The maximum absolute atomic E-state index is 12.7. The molecule has 4 rings (SSSR count). The first-order chi connectivity index (χ1) is 13.5. The van der Waals surface area contributed by atoms with E-state index in [1.54, 1.807) is 7.11 Å². The van der Waals surface area contributed by atoms with Gasteiger partial charge in [-0.15, -0.1) is 11.3 Å². The Bertz CT molecular complexity index is 1230. The highest BCUT2D eigenvalue weighted by Gasteiger charge is 2.18. The summed E-state index contributed by atoms with van der Waals surface area (Å²) < 4.78 is 5.22. The second-order valence-corrected chi connectivity index (χ2v) is 7.00. The Morgan fingerprint density at radius 3 is 2.64 bits per heavy atom. The average molecular weight is 394 g/mol. The normalized spacial score (nSPS) is 10.9. The lowest BCUT2D eigenvalue weighted by atomic mass is 10.1. The standard InChI is InChI=1S/C19H14N4O4S/c1-27-13-7-2-10-8-14-16(20)17(28-19(14)22-15(10)9-13)18(24)21-11-3-5-12(6-4-11)23(25)26/h2-9H,20H2,1H3,(H,21,24). The van der Waals surface area contributed by atoms with Crippen LogP contribution in [-0.2, 0) is 0 Å². The molecule has 2 aromatic carbocycles. The minimum atomic E-state index is -0.499. The highest BCUT2D eigenvalue weighted by molar-refractivity contribution is 7.21. The molecule has 0 spiro atoms. The first-order valence-electron chi connectivity index (χ1n) is 8.19. The van der Waals surface area contributed by atoms with Crippen molar-refractivity contribution in [3.63, 3.8) is 0 Å². The molecule has 0 radical (unpaired) electrons. The first-order valence-corrected chi connectivity index (χ1v) is 9.00. The van der Waals surface area contributed by atoms with Crippen LogP contribution in [0.5, 0.6) is 5.75 Å². The summed E-state index contributed by atoms with van der Waals surface area (Å²) in [7, 11) is 1.59. The maximum Gasteiger partial charge on any atom is 0.269 e. The zero-order valence-corrected chi connectivity index (χ0v) is 15.4. The summed E-state index contributed by atoms with van der Waals surface area (Å²) in [4.78, 5) is 28.5. The molecule has 0 aliphatic rings. The van der Waals surface area contributed by atoms with E-state index in [-0.39, 0.29) is 5.69 Å². The van der Waals surface area contributed by atoms with Gasteiger partial charge in [-0.25, -0.2) is 4.98 Å². The Kier molecular flexibility index (Phi) is 4.28. The summed E-state index contributed by atoms with van der Waals surface area (Å²) in [5.41, 5.74) is 7.69. The van der Waals surface area contributed by atoms with Crippen LogP contribution in [0.25, 0.3) is 21.1 Å². The molecule has 0 saturated carbocycles. The Morgan fingerprint density at radius 1 is 1.21 bits per heavy atom. The molecule has 0 aliphatic carbocycles. The smallest absolute Gasteiger partial charge is 0.269 e. The number of hydrogen-bond donors (Lipinski definition) is 2. The van der Waals surface area contributed by atoms with Crippen LogP contribution in [0.3, 0.4) is 0 Å². The SMILES string of the molecule is COc1ccc2cc3c(N)c(C(=O)Nc4ccc([N+](=O)[O-])cc4)sc3nc2c1. The Labute approximate surface area is 162 Å². The molecule has 140 valence electrons. The van der Waals surface area contributed by atoms with Crippen molar-refractivity contribution >= 4 is 55.4 Å². The van der Waals surface area contributed by atoms with Crippen molar-refractivity contribution in [2.75, 3.05) is 18.2 Å². The number of non-ortho nitro benzene ring substituents is 1. The first kappa shape index (κ1) is 17.7. The number of anilines is 2. The third-order valence-electron chi connectivity index (χ3n) is 4.27. The summed E-state index contributed by atoms with van der Waals surface area (Å²) in [5.74, 6) is 0.302. The van der Waals surface area contributed by atoms with Gasteiger partial charge in [-0.3, -0.25) is 14.9 Å². The molecule has 0 bridgehead atoms. The Morgan fingerprint density at radius 2 is 1.96 bits per heavy atom. The number of carbonyl (C=O) groups is 1. The van der Waals surface area contributed by atoms with Gasteiger partial charge in [0.2, 0.25) is 0 Å². The van der Waals surface area contributed by atoms with Crippen molar-refractivity contribution in [3.8, 4) is 5.75 Å². The van der Waals surface area contributed by atoms with E-state index in [9.17, 15) is 14.9 Å². The van der Waals surface area contributed by atoms with E-state index in [2.05, 4.69) is 10.3 Å². The van der Waals surface area contributed by atoms with Crippen molar-refractivity contribution in [3.05, 3.63) is 63.5 Å². The average Bonchev–Trinajstić information content (AvgIpc) is 3.02. The van der Waals surface area contributed by atoms with Gasteiger partial charge in [0.25, 0.3) is 11.6 Å². The van der Waals surface area contributed by atoms with Crippen molar-refractivity contribution in [1.29, 1.82) is 0 Å². The van der Waals surface area contributed by atoms with Crippen molar-refractivity contribution in [2.45, 2.75) is 0 Å². The number of nitrogens with one attached hydrogen (secondary N) is 1. The highest BCUT2D eigenvalue weighted by atomic mass is 32.1. The van der Waals surface area contributed by atoms with Gasteiger partial charge in [0.1, 0.15) is 15.5 Å². The molecule has 9 heteroatoms. The molecule has 0 aliphatic heterocycles. The largest absolute Gasteiger partial charge is 0.497 e. The van der Waals surface area contributed by atoms with Crippen molar-refractivity contribution in [2.24, 2.45) is 0 Å². The van der Waals surface area contributed by atoms with Crippen LogP contribution in [0.15, 0.2) is 48.5 Å². The lowest BCUT2D eigenvalue weighted by molar-refractivity contribution is -0.384. The lowest BCUT2D eigenvalue weighted by Crippen LogP contribution is -2.11. The van der Waals surface area contributed by atoms with Gasteiger partial charge < -0.3 is 15.8 Å². The van der Waals surface area contributed by atoms with Gasteiger partial charge >= 0.3 is 0 Å². The maximum atomic E-state index is 12.7. The number of methoxy groups -OCH3 is 1. The predicted octanol–water partition coefficient (Wildman–Crippen LogP) is 4.20. The van der Waals surface area contributed by atoms with Crippen LogP contribution in [0, 0.1) is 10.1 Å². The molecule has 2 aromatic heterocycles. The van der Waals surface area contributed by atoms with Crippen molar-refractivity contribution < 1.29 is 14.5 Å². The molecule has 2 heterocycles. The summed E-state index contributed by atoms with van der Waals surface area (Å²) in [6.45, 7) is 0. The summed E-state index contributed by atoms with van der Waals surface area (Å²) >= 11 is 1.19. The minimum Gasteiger partial charge on any atom is -0.497 e. The third-order valence-corrected chi connectivity index (χ3v) is 5.38. The molecular formula is C19H14N4O4S. The van der Waals surface area contributed by atoms with Gasteiger partial charge in [-0.1, -0.05) is 0 Å². The number of pyridine rings is 1. The summed E-state index contributed by atoms with van der Waals surface area (Å²) in [5, 5.41) is 15.0. The number of nitrogen functional groups attached to an aromatic ring is 1. The molecule has 0 unspecified atom stereocenters. The van der Waals surface area contributed by atoms with Crippen LogP contribution in [-0.4, -0.2) is 22.9 Å². The number of hydrogen-bond acceptors (Lipinski definition) is 7. The van der Waals surface area contributed by atoms with Crippen LogP contribution in [0.2, 0.25) is 0 Å². The number of fused-ring (bicyclic) bond motifs is 2. The fourth-order valence-corrected chi connectivity index (χ4v) is 3.80. The number of thiophene rings is 1. The Balaban J connectivity index is 1.69. The van der Waals surface area contributed by atoms with Crippen LogP contribution >= 0.6 is 11.3 Å². The fourth-order valence-electron chi connectivity index (χ4n) is 2.82. The zero-order chi connectivity index (χ0) is 19.8. The molecular weight excluding hydrogens is 380 g/mol. The van der Waals surface area contributed by atoms with Crippen LogP contribution in [0.4, 0.5) is 17.1 Å². The molecule has 3 N–H and O–H groups in total. The second-order valence-electron chi connectivity index (χ2n) is 6.00. The van der Waals surface area contributed by atoms with E-state index in [0.29, 0.717) is 32.2 Å². The molecule has 0 fully saturated rings. The van der Waals surface area contributed by atoms with E-state index in [4.69, 9.17) is 10.5 Å². The molecule has 0 atom stereocenters. The number of nitrogens with zero attached hydrogens (tertiary/aromatic N) is 2. The van der Waals surface area contributed by atoms with Crippen LogP contribution < -0.4 is 15.8 Å². The topological polar surface area (TPSA) is 120 Å². The van der Waals surface area contributed by atoms with E-state index in [1.807, 2.05) is 24.3 Å². The fraction of sp³-hybridized carbons (Fsp3) is 0.0526. The van der Waals surface area contributed by atoms with E-state index in [0.717, 1.165) is 10.9 Å². The number of rotatable bonds is 4. The number of benzene rings is 2. The van der Waals surface area contributed by atoms with Crippen LogP contribution in [0.1, 0.15) is 9.67 Å². The number of nitro benzene ring substituents is 1. The van der Waals surface area contributed by atoms with E-state index in [1.165, 1.54) is 35.6 Å². The number of amides is 1. The number of ether oxygens (including phenoxy) is 1. The number of nitrogens with two attached hydrogens (primary N) is 1. The summed E-state index contributed by atoms with van der Waals surface area (Å²) in [6.07, 6.45) is 0. The quantitative estimate of drug-likeness (QED) is 0.395. The molecule has 28 heavy (non-hydrogen) atoms. The monoisotopic (exact) mass is 394 g/mol. The Hall–Kier alpha value is -3.72. The van der Waals surface area contributed by atoms with Gasteiger partial charge in [0, 0.05) is 34.7 Å². The molecule has 4 aromatic rings. The van der Waals surface area contributed by atoms with Gasteiger partial charge in [-0.2, -0.15) is 0 Å². The molecule has 1 amide bonds. The number of aromatic nitrogens is 1. The molecule has 8 nitrogen and oxygen atoms in total. The number of carbonyl (C=O) groups excluding carboxylic acids is 1. The van der Waals surface area contributed by atoms with E-state index < -0.39 is 10.8 Å². The lowest BCUT2D eigenvalue weighted by Gasteiger charge is -2.04. The van der Waals surface area contributed by atoms with Gasteiger partial charge in [0.15, 0.2) is 0 Å². The van der Waals surface area contributed by atoms with E-state index >= 15 is 0 Å². The predicted molar refractivity (Wildman–Crippen MR) is 109 cm³/mol. The van der Waals surface area contributed by atoms with Gasteiger partial charge in [0.05, 0.1) is 23.2 Å².